The molecule has 0 aromatic rings. The molecule has 100 valence electrons. The summed E-state index contributed by atoms with van der Waals surface area (Å²) in [5.41, 5.74) is -0.812. The molecule has 0 atom stereocenters. The summed E-state index contributed by atoms with van der Waals surface area (Å²) in [5, 5.41) is 5.88. The lowest BCUT2D eigenvalue weighted by Gasteiger charge is -2.35. The van der Waals surface area contributed by atoms with Crippen LogP contribution >= 0.6 is 0 Å². The van der Waals surface area contributed by atoms with Gasteiger partial charge in [0.25, 0.3) is 0 Å². The van der Waals surface area contributed by atoms with Crippen molar-refractivity contribution in [2.24, 2.45) is 0 Å². The quantitative estimate of drug-likeness (QED) is 0.722. The van der Waals surface area contributed by atoms with Crippen LogP contribution in [-0.4, -0.2) is 37.1 Å². The minimum absolute atomic E-state index is 0.190. The van der Waals surface area contributed by atoms with E-state index in [0.717, 1.165) is 13.1 Å². The normalized spacial score (nSPS) is 17.4. The molecular weight excluding hydrogens is 220 g/mol. The lowest BCUT2D eigenvalue weighted by molar-refractivity contribution is -0.154. The molecule has 0 aromatic carbocycles. The molecule has 0 saturated carbocycles. The Hall–Kier alpha value is -1.10. The Bertz CT molecular complexity index is 248. The second-order valence-electron chi connectivity index (χ2n) is 3.73. The molecule has 0 aromatic heterocycles. The SMILES string of the molecule is CC.CCOC(=O)C1(NC(C)=O)CCNCC1. The number of hydrogen-bond acceptors (Lipinski definition) is 4. The van der Waals surface area contributed by atoms with E-state index in [9.17, 15) is 9.59 Å². The molecule has 0 aliphatic carbocycles. The number of carbonyl (C=O) groups is 2. The summed E-state index contributed by atoms with van der Waals surface area (Å²) in [6.07, 6.45) is 1.18. The molecule has 0 radical (unpaired) electrons. The smallest absolute Gasteiger partial charge is 0.331 e. The van der Waals surface area contributed by atoms with Crippen molar-refractivity contribution in [1.29, 1.82) is 0 Å². The van der Waals surface area contributed by atoms with Crippen LogP contribution in [0.4, 0.5) is 0 Å². The lowest BCUT2D eigenvalue weighted by Crippen LogP contribution is -2.59. The first-order valence-corrected chi connectivity index (χ1v) is 6.27. The first-order valence-electron chi connectivity index (χ1n) is 6.27. The maximum Gasteiger partial charge on any atom is 0.331 e. The minimum Gasteiger partial charge on any atom is -0.464 e. The van der Waals surface area contributed by atoms with E-state index in [4.69, 9.17) is 4.74 Å². The van der Waals surface area contributed by atoms with Gasteiger partial charge in [0, 0.05) is 6.92 Å². The van der Waals surface area contributed by atoms with Crippen molar-refractivity contribution in [3.05, 3.63) is 0 Å². The van der Waals surface area contributed by atoms with Crippen molar-refractivity contribution in [2.75, 3.05) is 19.7 Å². The monoisotopic (exact) mass is 244 g/mol. The maximum absolute atomic E-state index is 11.8. The fraction of sp³-hybridized carbons (Fsp3) is 0.833. The van der Waals surface area contributed by atoms with Crippen molar-refractivity contribution >= 4 is 11.9 Å². The fourth-order valence-corrected chi connectivity index (χ4v) is 1.84. The maximum atomic E-state index is 11.8. The van der Waals surface area contributed by atoms with Crippen LogP contribution in [0, 0.1) is 0 Å². The number of nitrogens with one attached hydrogen (secondary N) is 2. The first-order chi connectivity index (χ1) is 8.10. The number of piperidine rings is 1. The van der Waals surface area contributed by atoms with Gasteiger partial charge in [-0.3, -0.25) is 4.79 Å². The largest absolute Gasteiger partial charge is 0.464 e. The van der Waals surface area contributed by atoms with Crippen LogP contribution in [0.15, 0.2) is 0 Å². The van der Waals surface area contributed by atoms with Crippen molar-refractivity contribution in [1.82, 2.24) is 10.6 Å². The van der Waals surface area contributed by atoms with E-state index in [1.54, 1.807) is 6.92 Å². The number of hydrogen-bond donors (Lipinski definition) is 2. The molecule has 1 heterocycles. The first kappa shape index (κ1) is 15.9. The third-order valence-electron chi connectivity index (χ3n) is 2.54. The number of carbonyl (C=O) groups excluding carboxylic acids is 2. The topological polar surface area (TPSA) is 67.4 Å². The van der Waals surface area contributed by atoms with E-state index in [0.29, 0.717) is 19.4 Å². The van der Waals surface area contributed by atoms with Crippen LogP contribution in [0.3, 0.4) is 0 Å². The van der Waals surface area contributed by atoms with Crippen LogP contribution in [-0.2, 0) is 14.3 Å². The van der Waals surface area contributed by atoms with Gasteiger partial charge in [-0.1, -0.05) is 13.8 Å². The van der Waals surface area contributed by atoms with Gasteiger partial charge in [-0.05, 0) is 32.9 Å². The lowest BCUT2D eigenvalue weighted by atomic mass is 9.88. The van der Waals surface area contributed by atoms with Crippen molar-refractivity contribution in [3.8, 4) is 0 Å². The minimum atomic E-state index is -0.812. The second kappa shape index (κ2) is 8.06. The van der Waals surface area contributed by atoms with Gasteiger partial charge in [-0.25, -0.2) is 4.79 Å². The second-order valence-corrected chi connectivity index (χ2v) is 3.73. The number of esters is 1. The molecule has 5 heteroatoms. The van der Waals surface area contributed by atoms with Crippen LogP contribution in [0.25, 0.3) is 0 Å². The van der Waals surface area contributed by atoms with Crippen molar-refractivity contribution in [3.63, 3.8) is 0 Å². The van der Waals surface area contributed by atoms with Crippen LogP contribution in [0.1, 0.15) is 40.5 Å². The summed E-state index contributed by atoms with van der Waals surface area (Å²) in [5.74, 6) is -0.508. The Morgan fingerprint density at radius 1 is 1.29 bits per heavy atom. The van der Waals surface area contributed by atoms with Crippen molar-refractivity contribution in [2.45, 2.75) is 46.1 Å². The Kier molecular flexibility index (Phi) is 7.54. The van der Waals surface area contributed by atoms with Gasteiger partial charge < -0.3 is 15.4 Å². The standard InChI is InChI=1S/C10H18N2O3.C2H6/c1-3-15-9(14)10(12-8(2)13)4-6-11-7-5-10;1-2/h11H,3-7H2,1-2H3,(H,12,13);1-2H3. The summed E-state index contributed by atoms with van der Waals surface area (Å²) in [4.78, 5) is 22.9. The highest BCUT2D eigenvalue weighted by Crippen LogP contribution is 2.20. The molecule has 1 amide bonds. The molecule has 1 saturated heterocycles. The van der Waals surface area contributed by atoms with Crippen molar-refractivity contribution < 1.29 is 14.3 Å². The van der Waals surface area contributed by atoms with Gasteiger partial charge in [0.05, 0.1) is 6.61 Å². The molecule has 0 spiro atoms. The molecule has 1 aliphatic rings. The number of rotatable bonds is 3. The van der Waals surface area contributed by atoms with Gasteiger partial charge in [0.15, 0.2) is 0 Å². The molecule has 5 nitrogen and oxygen atoms in total. The van der Waals surface area contributed by atoms with E-state index in [-0.39, 0.29) is 11.9 Å². The number of amides is 1. The zero-order chi connectivity index (χ0) is 13.3. The summed E-state index contributed by atoms with van der Waals surface area (Å²) in [6.45, 7) is 8.97. The van der Waals surface area contributed by atoms with Gasteiger partial charge >= 0.3 is 5.97 Å². The predicted octanol–water partition coefficient (Wildman–Crippen LogP) is 0.834. The summed E-state index contributed by atoms with van der Waals surface area (Å²) in [7, 11) is 0. The molecule has 0 unspecified atom stereocenters. The number of ether oxygens (including phenoxy) is 1. The average molecular weight is 244 g/mol. The van der Waals surface area contributed by atoms with Gasteiger partial charge in [-0.2, -0.15) is 0 Å². The predicted molar refractivity (Wildman–Crippen MR) is 66.6 cm³/mol. The van der Waals surface area contributed by atoms with Gasteiger partial charge in [0.2, 0.25) is 5.91 Å². The third kappa shape index (κ3) is 4.73. The molecule has 0 bridgehead atoms. The Morgan fingerprint density at radius 2 is 1.82 bits per heavy atom. The highest BCUT2D eigenvalue weighted by atomic mass is 16.5. The average Bonchev–Trinajstić information content (AvgIpc) is 2.32. The van der Waals surface area contributed by atoms with Crippen LogP contribution < -0.4 is 10.6 Å². The van der Waals surface area contributed by atoms with E-state index in [2.05, 4.69) is 10.6 Å². The highest BCUT2D eigenvalue weighted by molar-refractivity contribution is 5.87. The van der Waals surface area contributed by atoms with Gasteiger partial charge in [0.1, 0.15) is 5.54 Å². The molecule has 1 aliphatic heterocycles. The Balaban J connectivity index is 0.00000121. The zero-order valence-electron chi connectivity index (χ0n) is 11.3. The van der Waals surface area contributed by atoms with E-state index in [1.807, 2.05) is 13.8 Å². The highest BCUT2D eigenvalue weighted by Gasteiger charge is 2.41. The summed E-state index contributed by atoms with van der Waals surface area (Å²) >= 11 is 0. The molecule has 1 fully saturated rings. The van der Waals surface area contributed by atoms with Gasteiger partial charge in [-0.15, -0.1) is 0 Å². The van der Waals surface area contributed by atoms with E-state index in [1.165, 1.54) is 6.92 Å². The molecule has 17 heavy (non-hydrogen) atoms. The third-order valence-corrected chi connectivity index (χ3v) is 2.54. The van der Waals surface area contributed by atoms with Crippen LogP contribution in [0.2, 0.25) is 0 Å². The van der Waals surface area contributed by atoms with E-state index < -0.39 is 5.54 Å². The molecular formula is C12H24N2O3. The summed E-state index contributed by atoms with van der Waals surface area (Å²) in [6, 6.07) is 0. The van der Waals surface area contributed by atoms with Crippen LogP contribution in [0.5, 0.6) is 0 Å². The zero-order valence-corrected chi connectivity index (χ0v) is 11.3. The molecule has 2 N–H and O–H groups in total. The Morgan fingerprint density at radius 3 is 2.24 bits per heavy atom. The molecule has 1 rings (SSSR count). The summed E-state index contributed by atoms with van der Waals surface area (Å²) < 4.78 is 5.00. The van der Waals surface area contributed by atoms with E-state index >= 15 is 0 Å². The Labute approximate surface area is 103 Å². The fourth-order valence-electron chi connectivity index (χ4n) is 1.84.